The van der Waals surface area contributed by atoms with E-state index in [1.54, 1.807) is 12.1 Å². The van der Waals surface area contributed by atoms with Crippen LogP contribution in [0.5, 0.6) is 0 Å². The number of carbonyl (C=O) groups excluding carboxylic acids is 1. The average Bonchev–Trinajstić information content (AvgIpc) is 3.03. The number of para-hydroxylation sites is 2. The Hall–Kier alpha value is -2.41. The third kappa shape index (κ3) is 6.03. The molecule has 0 fully saturated rings. The Labute approximate surface area is 175 Å². The fourth-order valence-corrected chi connectivity index (χ4v) is 3.17. The molecule has 1 amide bonds. The standard InChI is InChI=1S/C22H26ClN3O3/c1-15(2)29-14-18(27)13-26-20-6-4-3-5-19(20)25-21(26)11-22(28)24-12-16-7-9-17(23)10-8-16/h3-10,15,18,27H,11-14H2,1-2H3,(H,24,28). The van der Waals surface area contributed by atoms with Crippen LogP contribution in [0.25, 0.3) is 11.0 Å². The van der Waals surface area contributed by atoms with Crippen molar-refractivity contribution in [1.29, 1.82) is 0 Å². The van der Waals surface area contributed by atoms with Gasteiger partial charge in [0, 0.05) is 11.6 Å². The zero-order chi connectivity index (χ0) is 20.8. The quantitative estimate of drug-likeness (QED) is 0.562. The average molecular weight is 416 g/mol. The Bertz CT molecular complexity index is 954. The Morgan fingerprint density at radius 1 is 1.21 bits per heavy atom. The number of nitrogens with one attached hydrogen (secondary N) is 1. The van der Waals surface area contributed by atoms with Crippen molar-refractivity contribution in [1.82, 2.24) is 14.9 Å². The van der Waals surface area contributed by atoms with Gasteiger partial charge in [0.15, 0.2) is 0 Å². The van der Waals surface area contributed by atoms with Crippen molar-refractivity contribution in [3.8, 4) is 0 Å². The second-order valence-corrected chi connectivity index (χ2v) is 7.68. The van der Waals surface area contributed by atoms with Crippen molar-refractivity contribution in [3.05, 3.63) is 64.9 Å². The van der Waals surface area contributed by atoms with Crippen molar-refractivity contribution >= 4 is 28.5 Å². The van der Waals surface area contributed by atoms with Crippen molar-refractivity contribution < 1.29 is 14.6 Å². The maximum atomic E-state index is 12.5. The number of aliphatic hydroxyl groups excluding tert-OH is 1. The van der Waals surface area contributed by atoms with E-state index in [2.05, 4.69) is 10.3 Å². The molecule has 0 aliphatic carbocycles. The topological polar surface area (TPSA) is 76.4 Å². The van der Waals surface area contributed by atoms with Gasteiger partial charge in [0.1, 0.15) is 5.82 Å². The summed E-state index contributed by atoms with van der Waals surface area (Å²) in [6.07, 6.45) is -0.520. The van der Waals surface area contributed by atoms with Crippen LogP contribution in [-0.4, -0.2) is 39.4 Å². The van der Waals surface area contributed by atoms with Crippen molar-refractivity contribution in [2.75, 3.05) is 6.61 Å². The van der Waals surface area contributed by atoms with Crippen LogP contribution in [0.3, 0.4) is 0 Å². The predicted molar refractivity (Wildman–Crippen MR) is 114 cm³/mol. The molecule has 3 aromatic rings. The fraction of sp³-hybridized carbons (Fsp3) is 0.364. The molecule has 29 heavy (non-hydrogen) atoms. The molecule has 0 saturated heterocycles. The van der Waals surface area contributed by atoms with E-state index >= 15 is 0 Å². The van der Waals surface area contributed by atoms with Gasteiger partial charge in [-0.05, 0) is 43.7 Å². The van der Waals surface area contributed by atoms with Crippen molar-refractivity contribution in [2.24, 2.45) is 0 Å². The number of rotatable bonds is 9. The number of fused-ring (bicyclic) bond motifs is 1. The maximum Gasteiger partial charge on any atom is 0.227 e. The molecule has 0 radical (unpaired) electrons. The Balaban J connectivity index is 1.70. The Morgan fingerprint density at radius 2 is 1.93 bits per heavy atom. The number of ether oxygens (including phenoxy) is 1. The van der Waals surface area contributed by atoms with Gasteiger partial charge in [-0.2, -0.15) is 0 Å². The van der Waals surface area contributed by atoms with Gasteiger partial charge in [0.05, 0.1) is 42.8 Å². The first kappa shape index (κ1) is 21.3. The normalized spacial score (nSPS) is 12.4. The molecular formula is C22H26ClN3O3. The zero-order valence-corrected chi connectivity index (χ0v) is 17.4. The van der Waals surface area contributed by atoms with Crippen LogP contribution in [0.15, 0.2) is 48.5 Å². The van der Waals surface area contributed by atoms with Crippen molar-refractivity contribution in [2.45, 2.75) is 45.6 Å². The molecule has 1 unspecified atom stereocenters. The first-order valence-electron chi connectivity index (χ1n) is 9.67. The number of aliphatic hydroxyl groups is 1. The fourth-order valence-electron chi connectivity index (χ4n) is 3.04. The first-order chi connectivity index (χ1) is 13.9. The number of hydrogen-bond acceptors (Lipinski definition) is 4. The number of amides is 1. The number of imidazole rings is 1. The number of nitrogens with zero attached hydrogens (tertiary/aromatic N) is 2. The summed E-state index contributed by atoms with van der Waals surface area (Å²) >= 11 is 5.89. The van der Waals surface area contributed by atoms with Crippen LogP contribution < -0.4 is 5.32 Å². The number of aromatic nitrogens is 2. The lowest BCUT2D eigenvalue weighted by molar-refractivity contribution is -0.120. The summed E-state index contributed by atoms with van der Waals surface area (Å²) in [7, 11) is 0. The highest BCUT2D eigenvalue weighted by Gasteiger charge is 2.17. The highest BCUT2D eigenvalue weighted by atomic mass is 35.5. The predicted octanol–water partition coefficient (Wildman–Crippen LogP) is 3.33. The molecule has 0 aliphatic rings. The summed E-state index contributed by atoms with van der Waals surface area (Å²) in [5.74, 6) is 0.479. The SMILES string of the molecule is CC(C)OCC(O)Cn1c(CC(=O)NCc2ccc(Cl)cc2)nc2ccccc21. The number of benzene rings is 2. The van der Waals surface area contributed by atoms with E-state index in [9.17, 15) is 9.90 Å². The van der Waals surface area contributed by atoms with Crippen LogP contribution in [0.2, 0.25) is 5.02 Å². The Kier molecular flexibility index (Phi) is 7.25. The molecule has 1 atom stereocenters. The minimum absolute atomic E-state index is 0.0438. The molecule has 6 nitrogen and oxygen atoms in total. The molecule has 0 saturated carbocycles. The lowest BCUT2D eigenvalue weighted by Gasteiger charge is -2.16. The molecular weight excluding hydrogens is 390 g/mol. The monoisotopic (exact) mass is 415 g/mol. The van der Waals surface area contributed by atoms with E-state index in [0.29, 0.717) is 23.9 Å². The van der Waals surface area contributed by atoms with Crippen LogP contribution in [0.1, 0.15) is 25.2 Å². The van der Waals surface area contributed by atoms with Gasteiger partial charge in [-0.1, -0.05) is 35.9 Å². The molecule has 1 aromatic heterocycles. The minimum atomic E-state index is -0.689. The van der Waals surface area contributed by atoms with Gasteiger partial charge in [0.2, 0.25) is 5.91 Å². The minimum Gasteiger partial charge on any atom is -0.389 e. The second-order valence-electron chi connectivity index (χ2n) is 7.24. The maximum absolute atomic E-state index is 12.5. The van der Waals surface area contributed by atoms with Crippen LogP contribution in [0, 0.1) is 0 Å². The summed E-state index contributed by atoms with van der Waals surface area (Å²) < 4.78 is 7.40. The van der Waals surface area contributed by atoms with Crippen LogP contribution >= 0.6 is 11.6 Å². The number of halogens is 1. The summed E-state index contributed by atoms with van der Waals surface area (Å²) in [5, 5.41) is 13.9. The summed E-state index contributed by atoms with van der Waals surface area (Å²) in [6, 6.07) is 15.0. The van der Waals surface area contributed by atoms with E-state index in [1.807, 2.05) is 54.8 Å². The molecule has 0 bridgehead atoms. The number of carbonyl (C=O) groups is 1. The Morgan fingerprint density at radius 3 is 2.66 bits per heavy atom. The van der Waals surface area contributed by atoms with E-state index in [0.717, 1.165) is 16.6 Å². The van der Waals surface area contributed by atoms with Gasteiger partial charge in [-0.15, -0.1) is 0 Å². The molecule has 0 spiro atoms. The molecule has 2 N–H and O–H groups in total. The lowest BCUT2D eigenvalue weighted by atomic mass is 10.2. The van der Waals surface area contributed by atoms with Crippen LogP contribution in [-0.2, 0) is 29.0 Å². The van der Waals surface area contributed by atoms with Gasteiger partial charge < -0.3 is 19.7 Å². The molecule has 7 heteroatoms. The van der Waals surface area contributed by atoms with Gasteiger partial charge >= 0.3 is 0 Å². The summed E-state index contributed by atoms with van der Waals surface area (Å²) in [6.45, 7) is 4.81. The lowest BCUT2D eigenvalue weighted by Crippen LogP contribution is -2.28. The highest BCUT2D eigenvalue weighted by molar-refractivity contribution is 6.30. The first-order valence-corrected chi connectivity index (χ1v) is 10.0. The molecule has 0 aliphatic heterocycles. The van der Waals surface area contributed by atoms with E-state index in [-0.39, 0.29) is 25.0 Å². The zero-order valence-electron chi connectivity index (χ0n) is 16.6. The van der Waals surface area contributed by atoms with E-state index in [1.165, 1.54) is 0 Å². The molecule has 3 rings (SSSR count). The third-order valence-corrected chi connectivity index (χ3v) is 4.72. The van der Waals surface area contributed by atoms with Gasteiger partial charge in [0.25, 0.3) is 0 Å². The largest absolute Gasteiger partial charge is 0.389 e. The highest BCUT2D eigenvalue weighted by Crippen LogP contribution is 2.17. The molecule has 1 heterocycles. The summed E-state index contributed by atoms with van der Waals surface area (Å²) in [5.41, 5.74) is 2.65. The molecule has 2 aromatic carbocycles. The summed E-state index contributed by atoms with van der Waals surface area (Å²) in [4.78, 5) is 17.1. The van der Waals surface area contributed by atoms with Gasteiger partial charge in [-0.25, -0.2) is 4.98 Å². The second kappa shape index (κ2) is 9.87. The molecule has 154 valence electrons. The van der Waals surface area contributed by atoms with E-state index in [4.69, 9.17) is 16.3 Å². The van der Waals surface area contributed by atoms with Crippen LogP contribution in [0.4, 0.5) is 0 Å². The van der Waals surface area contributed by atoms with E-state index < -0.39 is 6.10 Å². The van der Waals surface area contributed by atoms with Gasteiger partial charge in [-0.3, -0.25) is 4.79 Å². The third-order valence-electron chi connectivity index (χ3n) is 4.47. The van der Waals surface area contributed by atoms with Crippen molar-refractivity contribution in [3.63, 3.8) is 0 Å². The smallest absolute Gasteiger partial charge is 0.227 e. The number of hydrogen-bond donors (Lipinski definition) is 2.